The predicted molar refractivity (Wildman–Crippen MR) is 37.0 cm³/mol. The zero-order valence-electron chi connectivity index (χ0n) is 6.03. The Morgan fingerprint density at radius 2 is 2.36 bits per heavy atom. The molecule has 64 valence electrons. The van der Waals surface area contributed by atoms with E-state index in [0.717, 1.165) is 0 Å². The first kappa shape index (κ1) is 10.2. The maximum atomic E-state index is 10.5. The molecule has 3 N–H and O–H groups in total. The first-order valence-corrected chi connectivity index (χ1v) is 3.15. The largest absolute Gasteiger partial charge is 0.394 e. The second kappa shape index (κ2) is 5.96. The van der Waals surface area contributed by atoms with Crippen LogP contribution in [0.2, 0.25) is 0 Å². The lowest BCUT2D eigenvalue weighted by atomic mass is 10.2. The van der Waals surface area contributed by atoms with Crippen molar-refractivity contribution in [2.24, 2.45) is 5.73 Å². The molecule has 0 aliphatic heterocycles. The smallest absolute Gasteiger partial charge is 0.214 e. The molecule has 0 aromatic rings. The van der Waals surface area contributed by atoms with Crippen LogP contribution in [-0.4, -0.2) is 43.0 Å². The van der Waals surface area contributed by atoms with E-state index >= 15 is 0 Å². The van der Waals surface area contributed by atoms with Crippen molar-refractivity contribution in [1.82, 2.24) is 0 Å². The van der Waals surface area contributed by atoms with Crippen LogP contribution >= 0.6 is 0 Å². The van der Waals surface area contributed by atoms with Gasteiger partial charge in [0.05, 0.1) is 25.9 Å². The van der Waals surface area contributed by atoms with Crippen molar-refractivity contribution >= 4 is 12.1 Å². The van der Waals surface area contributed by atoms with Gasteiger partial charge in [0.2, 0.25) is 5.78 Å². The van der Waals surface area contributed by atoms with Gasteiger partial charge in [-0.3, -0.25) is 9.59 Å². The van der Waals surface area contributed by atoms with Gasteiger partial charge in [0, 0.05) is 0 Å². The second-order valence-corrected chi connectivity index (χ2v) is 1.93. The van der Waals surface area contributed by atoms with E-state index in [4.69, 9.17) is 15.6 Å². The van der Waals surface area contributed by atoms with E-state index in [1.54, 1.807) is 0 Å². The Balaban J connectivity index is 3.43. The highest BCUT2D eigenvalue weighted by atomic mass is 16.5. The van der Waals surface area contributed by atoms with Crippen LogP contribution in [0.1, 0.15) is 0 Å². The Morgan fingerprint density at radius 1 is 1.73 bits per heavy atom. The highest BCUT2D eigenvalue weighted by Gasteiger charge is 2.11. The van der Waals surface area contributed by atoms with Crippen LogP contribution < -0.4 is 5.73 Å². The van der Waals surface area contributed by atoms with Crippen LogP contribution in [0.3, 0.4) is 0 Å². The first-order chi connectivity index (χ1) is 5.22. The number of carbonyl (C=O) groups excluding carboxylic acids is 2. The fraction of sp³-hybridized carbons (Fsp3) is 0.667. The number of aldehydes is 1. The summed E-state index contributed by atoms with van der Waals surface area (Å²) in [7, 11) is 0. The van der Waals surface area contributed by atoms with Crippen molar-refractivity contribution in [1.29, 1.82) is 0 Å². The molecule has 0 rings (SSSR count). The first-order valence-electron chi connectivity index (χ1n) is 3.15. The second-order valence-electron chi connectivity index (χ2n) is 1.93. The van der Waals surface area contributed by atoms with Crippen molar-refractivity contribution in [2.75, 3.05) is 19.8 Å². The molecule has 0 bridgehead atoms. The molecule has 0 aliphatic rings. The third kappa shape index (κ3) is 4.60. The van der Waals surface area contributed by atoms with Crippen molar-refractivity contribution in [3.63, 3.8) is 0 Å². The normalized spacial score (nSPS) is 12.5. The Bertz CT molecular complexity index is 137. The molecule has 0 heterocycles. The van der Waals surface area contributed by atoms with Gasteiger partial charge in [0.1, 0.15) is 0 Å². The average Bonchev–Trinajstić information content (AvgIpc) is 2.03. The zero-order chi connectivity index (χ0) is 8.69. The van der Waals surface area contributed by atoms with E-state index in [-0.39, 0.29) is 26.1 Å². The summed E-state index contributed by atoms with van der Waals surface area (Å²) < 4.78 is 4.71. The quantitative estimate of drug-likeness (QED) is 0.269. The molecule has 5 nitrogen and oxygen atoms in total. The highest BCUT2D eigenvalue weighted by Crippen LogP contribution is 1.81. The van der Waals surface area contributed by atoms with Gasteiger partial charge in [-0.1, -0.05) is 0 Å². The number of aliphatic hydroxyl groups is 1. The number of Topliss-reactive ketones (excluding diaryl/α,β-unsaturated/α-hetero) is 1. The topological polar surface area (TPSA) is 89.6 Å². The third-order valence-electron chi connectivity index (χ3n) is 1.01. The minimum absolute atomic E-state index is 0.0296. The van der Waals surface area contributed by atoms with E-state index in [0.29, 0.717) is 0 Å². The summed E-state index contributed by atoms with van der Waals surface area (Å²) in [6, 6.07) is -0.904. The number of carbonyl (C=O) groups is 2. The molecule has 1 atom stereocenters. The summed E-state index contributed by atoms with van der Waals surface area (Å²) in [4.78, 5) is 20.3. The summed E-state index contributed by atoms with van der Waals surface area (Å²) in [5.74, 6) is -0.692. The van der Waals surface area contributed by atoms with Gasteiger partial charge in [-0.2, -0.15) is 0 Å². The molecule has 0 unspecified atom stereocenters. The van der Waals surface area contributed by atoms with Crippen LogP contribution in [0.15, 0.2) is 0 Å². The van der Waals surface area contributed by atoms with E-state index in [1.165, 1.54) is 0 Å². The van der Waals surface area contributed by atoms with Gasteiger partial charge in [0.15, 0.2) is 6.29 Å². The van der Waals surface area contributed by atoms with Crippen molar-refractivity contribution in [3.05, 3.63) is 0 Å². The minimum Gasteiger partial charge on any atom is -0.394 e. The molecule has 5 heteroatoms. The molecular weight excluding hydrogens is 150 g/mol. The molecular formula is C6H11NO4. The lowest BCUT2D eigenvalue weighted by Crippen LogP contribution is -2.36. The number of ether oxygens (including phenoxy) is 1. The van der Waals surface area contributed by atoms with Gasteiger partial charge in [-0.25, -0.2) is 0 Å². The average molecular weight is 161 g/mol. The number of rotatable bonds is 6. The Labute approximate surface area is 64.1 Å². The Morgan fingerprint density at radius 3 is 2.82 bits per heavy atom. The van der Waals surface area contributed by atoms with Crippen LogP contribution in [0, 0.1) is 0 Å². The monoisotopic (exact) mass is 161 g/mol. The fourth-order valence-corrected chi connectivity index (χ4v) is 0.444. The van der Waals surface area contributed by atoms with Crippen LogP contribution in [0.4, 0.5) is 0 Å². The van der Waals surface area contributed by atoms with Gasteiger partial charge in [0.25, 0.3) is 0 Å². The van der Waals surface area contributed by atoms with Gasteiger partial charge >= 0.3 is 0 Å². The lowest BCUT2D eigenvalue weighted by molar-refractivity contribution is -0.131. The maximum Gasteiger partial charge on any atom is 0.214 e. The van der Waals surface area contributed by atoms with Crippen LogP contribution in [0.5, 0.6) is 0 Å². The van der Waals surface area contributed by atoms with E-state index in [1.807, 2.05) is 0 Å². The molecule has 0 spiro atoms. The predicted octanol–water partition coefficient (Wildman–Crippen LogP) is -1.91. The van der Waals surface area contributed by atoms with Gasteiger partial charge < -0.3 is 15.6 Å². The molecule has 0 aromatic carbocycles. The number of hydrogen-bond donors (Lipinski definition) is 2. The molecule has 0 amide bonds. The van der Waals surface area contributed by atoms with Crippen LogP contribution in [0.25, 0.3) is 0 Å². The van der Waals surface area contributed by atoms with Gasteiger partial charge in [-0.15, -0.1) is 0 Å². The van der Waals surface area contributed by atoms with Gasteiger partial charge in [-0.05, 0) is 0 Å². The number of nitrogens with two attached hydrogens (primary N) is 1. The number of aliphatic hydroxyl groups excluding tert-OH is 1. The number of hydrogen-bond acceptors (Lipinski definition) is 5. The molecule has 0 aromatic heterocycles. The van der Waals surface area contributed by atoms with Crippen molar-refractivity contribution < 1.29 is 19.4 Å². The lowest BCUT2D eigenvalue weighted by Gasteiger charge is -2.05. The van der Waals surface area contributed by atoms with E-state index in [2.05, 4.69) is 0 Å². The summed E-state index contributed by atoms with van der Waals surface area (Å²) in [5, 5.41) is 8.25. The SMILES string of the molecule is N[C@@H](COCCO)C(=O)C=O. The summed E-state index contributed by atoms with van der Waals surface area (Å²) >= 11 is 0. The molecule has 0 aliphatic carbocycles. The number of ketones is 1. The molecule has 11 heavy (non-hydrogen) atoms. The Kier molecular flexibility index (Phi) is 5.54. The fourth-order valence-electron chi connectivity index (χ4n) is 0.444. The molecule has 0 saturated heterocycles. The van der Waals surface area contributed by atoms with E-state index < -0.39 is 11.8 Å². The summed E-state index contributed by atoms with van der Waals surface area (Å²) in [5.41, 5.74) is 5.18. The highest BCUT2D eigenvalue weighted by molar-refractivity contribution is 6.27. The minimum atomic E-state index is -0.904. The zero-order valence-corrected chi connectivity index (χ0v) is 6.03. The molecule has 0 fully saturated rings. The third-order valence-corrected chi connectivity index (χ3v) is 1.01. The Hall–Kier alpha value is -0.780. The summed E-state index contributed by atoms with van der Waals surface area (Å²) in [6.07, 6.45) is 0.160. The van der Waals surface area contributed by atoms with E-state index in [9.17, 15) is 9.59 Å². The van der Waals surface area contributed by atoms with Crippen LogP contribution in [-0.2, 0) is 14.3 Å². The standard InChI is InChI=1S/C6H11NO4/c7-5(6(10)3-9)4-11-2-1-8/h3,5,8H,1-2,4,7H2/t5-/m0/s1. The van der Waals surface area contributed by atoms with Crippen molar-refractivity contribution in [3.8, 4) is 0 Å². The molecule has 0 radical (unpaired) electrons. The maximum absolute atomic E-state index is 10.5. The summed E-state index contributed by atoms with van der Waals surface area (Å²) in [6.45, 7) is -0.0278. The molecule has 0 saturated carbocycles. The van der Waals surface area contributed by atoms with Crippen molar-refractivity contribution in [2.45, 2.75) is 6.04 Å².